The van der Waals surface area contributed by atoms with Gasteiger partial charge in [0.25, 0.3) is 0 Å². The average molecular weight is 288 g/mol. The Morgan fingerprint density at radius 3 is 2.50 bits per heavy atom. The van der Waals surface area contributed by atoms with Gasteiger partial charge in [0.05, 0.1) is 5.69 Å². The van der Waals surface area contributed by atoms with Crippen molar-refractivity contribution in [1.82, 2.24) is 4.98 Å². The SMILES string of the molecule is CCC(CC)(CNc1nc(C)c(C(=O)O)s1)SC. The number of thiazole rings is 1. The van der Waals surface area contributed by atoms with E-state index in [9.17, 15) is 4.79 Å². The number of aromatic nitrogens is 1. The Labute approximate surface area is 116 Å². The van der Waals surface area contributed by atoms with Crippen molar-refractivity contribution in [2.24, 2.45) is 0 Å². The van der Waals surface area contributed by atoms with Crippen molar-refractivity contribution in [2.75, 3.05) is 18.1 Å². The van der Waals surface area contributed by atoms with Crippen molar-refractivity contribution < 1.29 is 9.90 Å². The Bertz CT molecular complexity index is 406. The number of nitrogens with one attached hydrogen (secondary N) is 1. The maximum Gasteiger partial charge on any atom is 0.347 e. The molecule has 6 heteroatoms. The molecule has 2 N–H and O–H groups in total. The molecule has 0 spiro atoms. The zero-order chi connectivity index (χ0) is 13.8. The van der Waals surface area contributed by atoms with Gasteiger partial charge in [-0.3, -0.25) is 0 Å². The van der Waals surface area contributed by atoms with E-state index in [1.54, 1.807) is 6.92 Å². The van der Waals surface area contributed by atoms with E-state index in [0.717, 1.165) is 19.4 Å². The van der Waals surface area contributed by atoms with Crippen LogP contribution in [-0.4, -0.2) is 33.6 Å². The molecule has 1 rings (SSSR count). The summed E-state index contributed by atoms with van der Waals surface area (Å²) in [5.74, 6) is -0.903. The van der Waals surface area contributed by atoms with Crippen LogP contribution in [0, 0.1) is 6.92 Å². The molecule has 0 aliphatic carbocycles. The van der Waals surface area contributed by atoms with Crippen LogP contribution >= 0.6 is 23.1 Å². The van der Waals surface area contributed by atoms with Crippen LogP contribution in [0.3, 0.4) is 0 Å². The maximum atomic E-state index is 10.9. The van der Waals surface area contributed by atoms with E-state index in [1.165, 1.54) is 11.3 Å². The Balaban J connectivity index is 2.74. The number of carbonyl (C=O) groups is 1. The second-order valence-corrected chi connectivity index (χ2v) is 6.46. The highest BCUT2D eigenvalue weighted by molar-refractivity contribution is 8.00. The fourth-order valence-corrected chi connectivity index (χ4v) is 3.36. The van der Waals surface area contributed by atoms with Gasteiger partial charge in [0.2, 0.25) is 0 Å². The van der Waals surface area contributed by atoms with Crippen molar-refractivity contribution in [3.8, 4) is 0 Å². The summed E-state index contributed by atoms with van der Waals surface area (Å²) in [6, 6.07) is 0. The van der Waals surface area contributed by atoms with Gasteiger partial charge in [0.1, 0.15) is 4.88 Å². The van der Waals surface area contributed by atoms with E-state index in [1.807, 2.05) is 11.8 Å². The molecule has 0 unspecified atom stereocenters. The molecular weight excluding hydrogens is 268 g/mol. The molecule has 0 aromatic carbocycles. The summed E-state index contributed by atoms with van der Waals surface area (Å²) in [5, 5.41) is 13.0. The molecule has 0 aliphatic rings. The highest BCUT2D eigenvalue weighted by Gasteiger charge is 2.25. The minimum absolute atomic E-state index is 0.197. The van der Waals surface area contributed by atoms with Gasteiger partial charge in [-0.05, 0) is 26.0 Å². The summed E-state index contributed by atoms with van der Waals surface area (Å²) >= 11 is 3.06. The largest absolute Gasteiger partial charge is 0.477 e. The lowest BCUT2D eigenvalue weighted by atomic mass is 10.0. The molecule has 0 aliphatic heterocycles. The first-order chi connectivity index (χ1) is 8.48. The number of aryl methyl sites for hydroxylation is 1. The maximum absolute atomic E-state index is 10.9. The molecule has 102 valence electrons. The second-order valence-electron chi connectivity index (χ2n) is 4.19. The first-order valence-corrected chi connectivity index (χ1v) is 8.02. The molecule has 0 saturated heterocycles. The molecule has 0 amide bonds. The minimum atomic E-state index is -0.903. The molecule has 4 nitrogen and oxygen atoms in total. The van der Waals surface area contributed by atoms with Gasteiger partial charge in [0.15, 0.2) is 5.13 Å². The zero-order valence-corrected chi connectivity index (χ0v) is 12.9. The zero-order valence-electron chi connectivity index (χ0n) is 11.2. The van der Waals surface area contributed by atoms with E-state index >= 15 is 0 Å². The van der Waals surface area contributed by atoms with Crippen LogP contribution in [0.25, 0.3) is 0 Å². The average Bonchev–Trinajstić information content (AvgIpc) is 2.73. The van der Waals surface area contributed by atoms with Crippen molar-refractivity contribution >= 4 is 34.2 Å². The number of rotatable bonds is 7. The number of nitrogens with zero attached hydrogens (tertiary/aromatic N) is 1. The topological polar surface area (TPSA) is 62.2 Å². The predicted octanol–water partition coefficient (Wildman–Crippen LogP) is 3.48. The van der Waals surface area contributed by atoms with Crippen LogP contribution < -0.4 is 5.32 Å². The number of carboxylic acids is 1. The summed E-state index contributed by atoms with van der Waals surface area (Å²) < 4.78 is 0.197. The third-order valence-electron chi connectivity index (χ3n) is 3.27. The lowest BCUT2D eigenvalue weighted by molar-refractivity contribution is 0.0701. The number of thioether (sulfide) groups is 1. The van der Waals surface area contributed by atoms with Gasteiger partial charge in [-0.15, -0.1) is 0 Å². The van der Waals surface area contributed by atoms with Gasteiger partial charge < -0.3 is 10.4 Å². The molecule has 0 bridgehead atoms. The van der Waals surface area contributed by atoms with E-state index in [0.29, 0.717) is 15.7 Å². The first-order valence-electron chi connectivity index (χ1n) is 5.97. The smallest absolute Gasteiger partial charge is 0.347 e. The van der Waals surface area contributed by atoms with Crippen molar-refractivity contribution in [2.45, 2.75) is 38.4 Å². The lowest BCUT2D eigenvalue weighted by Gasteiger charge is -2.29. The molecule has 18 heavy (non-hydrogen) atoms. The van der Waals surface area contributed by atoms with Crippen LogP contribution in [0.2, 0.25) is 0 Å². The van der Waals surface area contributed by atoms with Crippen molar-refractivity contribution in [1.29, 1.82) is 0 Å². The molecule has 0 atom stereocenters. The predicted molar refractivity (Wildman–Crippen MR) is 79.1 cm³/mol. The molecule has 1 aromatic heterocycles. The molecule has 0 saturated carbocycles. The van der Waals surface area contributed by atoms with Gasteiger partial charge in [0, 0.05) is 11.3 Å². The third-order valence-corrected chi connectivity index (χ3v) is 5.97. The van der Waals surface area contributed by atoms with Crippen molar-refractivity contribution in [3.63, 3.8) is 0 Å². The van der Waals surface area contributed by atoms with Gasteiger partial charge in [-0.2, -0.15) is 11.8 Å². The highest BCUT2D eigenvalue weighted by Crippen LogP contribution is 2.31. The quantitative estimate of drug-likeness (QED) is 0.804. The fourth-order valence-electron chi connectivity index (χ4n) is 1.77. The van der Waals surface area contributed by atoms with Crippen molar-refractivity contribution in [3.05, 3.63) is 10.6 Å². The lowest BCUT2D eigenvalue weighted by Crippen LogP contribution is -2.31. The van der Waals surface area contributed by atoms with Crippen LogP contribution in [0.5, 0.6) is 0 Å². The summed E-state index contributed by atoms with van der Waals surface area (Å²) in [6.07, 6.45) is 4.27. The van der Waals surface area contributed by atoms with Gasteiger partial charge in [-0.25, -0.2) is 9.78 Å². The van der Waals surface area contributed by atoms with E-state index in [2.05, 4.69) is 30.4 Å². The number of anilines is 1. The molecular formula is C12H20N2O2S2. The normalized spacial score (nSPS) is 11.6. The number of carboxylic acid groups (broad SMARTS) is 1. The summed E-state index contributed by atoms with van der Waals surface area (Å²) in [4.78, 5) is 15.5. The first kappa shape index (κ1) is 15.3. The number of aromatic carboxylic acids is 1. The Kier molecular flexibility index (Phi) is 5.47. The van der Waals surface area contributed by atoms with Gasteiger partial charge in [-0.1, -0.05) is 25.2 Å². The van der Waals surface area contributed by atoms with Gasteiger partial charge >= 0.3 is 5.97 Å². The Morgan fingerprint density at radius 1 is 1.50 bits per heavy atom. The third kappa shape index (κ3) is 3.38. The Morgan fingerprint density at radius 2 is 2.11 bits per heavy atom. The monoisotopic (exact) mass is 288 g/mol. The molecule has 1 heterocycles. The van der Waals surface area contributed by atoms with Crippen LogP contribution in [0.1, 0.15) is 42.1 Å². The molecule has 0 radical (unpaired) electrons. The van der Waals surface area contributed by atoms with E-state index in [4.69, 9.17) is 5.11 Å². The van der Waals surface area contributed by atoms with Crippen LogP contribution in [-0.2, 0) is 0 Å². The fraction of sp³-hybridized carbons (Fsp3) is 0.667. The summed E-state index contributed by atoms with van der Waals surface area (Å²) in [6.45, 7) is 6.90. The minimum Gasteiger partial charge on any atom is -0.477 e. The molecule has 1 aromatic rings. The highest BCUT2D eigenvalue weighted by atomic mass is 32.2. The van der Waals surface area contributed by atoms with Crippen LogP contribution in [0.4, 0.5) is 5.13 Å². The Hall–Kier alpha value is -0.750. The number of hydrogen-bond acceptors (Lipinski definition) is 5. The summed E-state index contributed by atoms with van der Waals surface area (Å²) in [7, 11) is 0. The standard InChI is InChI=1S/C12H20N2O2S2/c1-5-12(6-2,17-4)7-13-11-14-8(3)9(18-11)10(15)16/h5-7H2,1-4H3,(H,13,14)(H,15,16). The second kappa shape index (κ2) is 6.43. The van der Waals surface area contributed by atoms with Crippen LogP contribution in [0.15, 0.2) is 0 Å². The molecule has 0 fully saturated rings. The number of hydrogen-bond donors (Lipinski definition) is 2. The van der Waals surface area contributed by atoms with E-state index < -0.39 is 5.97 Å². The van der Waals surface area contributed by atoms with E-state index in [-0.39, 0.29) is 4.75 Å². The summed E-state index contributed by atoms with van der Waals surface area (Å²) in [5.41, 5.74) is 0.581.